The van der Waals surface area contributed by atoms with Gasteiger partial charge in [0.2, 0.25) is 5.75 Å². The summed E-state index contributed by atoms with van der Waals surface area (Å²) in [5.74, 6) is 1.64. The van der Waals surface area contributed by atoms with E-state index in [1.165, 1.54) is 35.5 Å². The highest BCUT2D eigenvalue weighted by molar-refractivity contribution is 6.18. The summed E-state index contributed by atoms with van der Waals surface area (Å²) in [7, 11) is 7.50. The normalized spacial score (nSPS) is 14.7. The van der Waals surface area contributed by atoms with E-state index < -0.39 is 5.92 Å². The second-order valence-electron chi connectivity index (χ2n) is 9.78. The number of rotatable bonds is 11. The maximum absolute atomic E-state index is 14.1. The van der Waals surface area contributed by atoms with E-state index in [1.54, 1.807) is 18.2 Å². The lowest BCUT2D eigenvalue weighted by molar-refractivity contribution is 0.103. The van der Waals surface area contributed by atoms with Crippen molar-refractivity contribution in [3.05, 3.63) is 112 Å². The molecule has 0 heterocycles. The summed E-state index contributed by atoms with van der Waals surface area (Å²) in [6.07, 6.45) is 2.54. The van der Waals surface area contributed by atoms with Crippen LogP contribution in [-0.2, 0) is 6.61 Å². The van der Waals surface area contributed by atoms with E-state index in [9.17, 15) is 9.59 Å². The van der Waals surface area contributed by atoms with Gasteiger partial charge >= 0.3 is 0 Å². The fourth-order valence-corrected chi connectivity index (χ4v) is 5.44. The van der Waals surface area contributed by atoms with Crippen molar-refractivity contribution in [2.24, 2.45) is 0 Å². The minimum atomic E-state index is -0.621. The van der Waals surface area contributed by atoms with Crippen LogP contribution in [0.1, 0.15) is 48.9 Å². The predicted octanol–water partition coefficient (Wildman–Crippen LogP) is 6.53. The Hall–Kier alpha value is -5.24. The zero-order valence-corrected chi connectivity index (χ0v) is 24.6. The zero-order chi connectivity index (χ0) is 30.5. The first-order chi connectivity index (χ1) is 21.0. The number of ketones is 1. The molecule has 0 bridgehead atoms. The van der Waals surface area contributed by atoms with Crippen LogP contribution in [0.25, 0.3) is 6.08 Å². The summed E-state index contributed by atoms with van der Waals surface area (Å²) in [6, 6.07) is 22.6. The van der Waals surface area contributed by atoms with Crippen LogP contribution in [0.2, 0.25) is 0 Å². The summed E-state index contributed by atoms with van der Waals surface area (Å²) in [6.45, 7) is 0.443. The van der Waals surface area contributed by atoms with Crippen molar-refractivity contribution < 1.29 is 38.0 Å². The van der Waals surface area contributed by atoms with Crippen LogP contribution in [0.3, 0.4) is 0 Å². The van der Waals surface area contributed by atoms with Crippen LogP contribution in [0, 0.1) is 0 Å². The molecule has 0 saturated carbocycles. The molecule has 0 spiro atoms. The third-order valence-electron chi connectivity index (χ3n) is 7.42. The maximum Gasteiger partial charge on any atom is 0.203 e. The quantitative estimate of drug-likeness (QED) is 0.146. The Morgan fingerprint density at radius 2 is 1.37 bits per heavy atom. The number of allylic oxidation sites excluding steroid dienone is 1. The van der Waals surface area contributed by atoms with Gasteiger partial charge in [-0.05, 0) is 53.1 Å². The highest BCUT2D eigenvalue weighted by atomic mass is 16.5. The van der Waals surface area contributed by atoms with Gasteiger partial charge in [0.25, 0.3) is 0 Å². The lowest BCUT2D eigenvalue weighted by Gasteiger charge is -2.21. The van der Waals surface area contributed by atoms with Gasteiger partial charge in [0, 0.05) is 22.6 Å². The Bertz CT molecular complexity index is 1670. The Labute approximate surface area is 250 Å². The molecule has 0 saturated heterocycles. The standard InChI is InChI=1S/C35H32O8/c1-38-28-17-23(16-24(19-36)33(28)40-3)30-26(32(37)27-18-29(39-2)34(41-4)35(42-5)31(27)30)15-21-11-13-25(14-12-21)43-20-22-9-7-6-8-10-22/h6-19,30H,20H2,1-5H3/b26-15-. The Morgan fingerprint density at radius 3 is 1.98 bits per heavy atom. The largest absolute Gasteiger partial charge is 0.493 e. The van der Waals surface area contributed by atoms with Crippen molar-refractivity contribution in [1.29, 1.82) is 0 Å². The van der Waals surface area contributed by atoms with Crippen LogP contribution >= 0.6 is 0 Å². The van der Waals surface area contributed by atoms with E-state index in [0.717, 1.165) is 11.1 Å². The van der Waals surface area contributed by atoms with Gasteiger partial charge in [-0.2, -0.15) is 0 Å². The molecule has 0 fully saturated rings. The molecule has 0 aliphatic heterocycles. The van der Waals surface area contributed by atoms with E-state index in [-0.39, 0.29) is 11.3 Å². The van der Waals surface area contributed by atoms with Gasteiger partial charge in [0.15, 0.2) is 35.1 Å². The molecule has 4 aromatic carbocycles. The van der Waals surface area contributed by atoms with Gasteiger partial charge in [0.1, 0.15) is 12.4 Å². The van der Waals surface area contributed by atoms with Crippen molar-refractivity contribution in [3.8, 4) is 34.5 Å². The number of carbonyl (C=O) groups is 2. The molecule has 1 aliphatic carbocycles. The second-order valence-corrected chi connectivity index (χ2v) is 9.78. The van der Waals surface area contributed by atoms with Crippen molar-refractivity contribution in [1.82, 2.24) is 0 Å². The third kappa shape index (κ3) is 5.51. The molecule has 8 nitrogen and oxygen atoms in total. The van der Waals surface area contributed by atoms with Crippen LogP contribution in [0.5, 0.6) is 34.5 Å². The number of Topliss-reactive ketones (excluding diaryl/α,β-unsaturated/α-hetero) is 1. The Morgan fingerprint density at radius 1 is 0.721 bits per heavy atom. The van der Waals surface area contributed by atoms with Crippen molar-refractivity contribution >= 4 is 18.1 Å². The molecule has 0 radical (unpaired) electrons. The molecular weight excluding hydrogens is 548 g/mol. The molecule has 1 unspecified atom stereocenters. The molecule has 8 heteroatoms. The number of fused-ring (bicyclic) bond motifs is 1. The molecule has 220 valence electrons. The first kappa shape index (κ1) is 29.3. The van der Waals surface area contributed by atoms with Crippen molar-refractivity contribution in [2.75, 3.05) is 35.5 Å². The van der Waals surface area contributed by atoms with Crippen LogP contribution in [0.15, 0.2) is 78.4 Å². The molecule has 0 aromatic heterocycles. The van der Waals surface area contributed by atoms with E-state index >= 15 is 0 Å². The maximum atomic E-state index is 14.1. The van der Waals surface area contributed by atoms with Crippen LogP contribution < -0.4 is 28.4 Å². The predicted molar refractivity (Wildman–Crippen MR) is 162 cm³/mol. The van der Waals surface area contributed by atoms with Crippen LogP contribution in [-0.4, -0.2) is 47.6 Å². The van der Waals surface area contributed by atoms with Gasteiger partial charge in [0.05, 0.1) is 41.1 Å². The average Bonchev–Trinajstić information content (AvgIpc) is 3.33. The molecule has 43 heavy (non-hydrogen) atoms. The first-order valence-electron chi connectivity index (χ1n) is 13.5. The van der Waals surface area contributed by atoms with Gasteiger partial charge in [-0.3, -0.25) is 9.59 Å². The Balaban J connectivity index is 1.64. The van der Waals surface area contributed by atoms with Gasteiger partial charge in [-0.15, -0.1) is 0 Å². The minimum Gasteiger partial charge on any atom is -0.493 e. The summed E-state index contributed by atoms with van der Waals surface area (Å²) in [5.41, 5.74) is 4.28. The minimum absolute atomic E-state index is 0.203. The van der Waals surface area contributed by atoms with Crippen molar-refractivity contribution in [3.63, 3.8) is 0 Å². The van der Waals surface area contributed by atoms with E-state index in [1.807, 2.05) is 60.7 Å². The zero-order valence-electron chi connectivity index (χ0n) is 24.6. The molecular formula is C35H32O8. The molecule has 0 amide bonds. The van der Waals surface area contributed by atoms with Gasteiger partial charge < -0.3 is 28.4 Å². The molecule has 4 aromatic rings. The molecule has 5 rings (SSSR count). The lowest BCUT2D eigenvalue weighted by Crippen LogP contribution is -2.07. The molecule has 1 atom stereocenters. The highest BCUT2D eigenvalue weighted by Gasteiger charge is 2.41. The summed E-state index contributed by atoms with van der Waals surface area (Å²) < 4.78 is 34.0. The summed E-state index contributed by atoms with van der Waals surface area (Å²) in [4.78, 5) is 26.2. The van der Waals surface area contributed by atoms with Gasteiger partial charge in [-0.25, -0.2) is 0 Å². The van der Waals surface area contributed by atoms with E-state index in [2.05, 4.69) is 0 Å². The lowest BCUT2D eigenvalue weighted by atomic mass is 9.87. The second kappa shape index (κ2) is 12.7. The SMILES string of the molecule is COc1cc(C2/C(=C/c3ccc(OCc4ccccc4)cc3)C(=O)c3cc(OC)c(OC)c(OC)c32)cc(C=O)c1OC. The number of ether oxygens (including phenoxy) is 6. The van der Waals surface area contributed by atoms with Crippen molar-refractivity contribution in [2.45, 2.75) is 12.5 Å². The number of aldehydes is 1. The number of hydrogen-bond acceptors (Lipinski definition) is 8. The smallest absolute Gasteiger partial charge is 0.203 e. The van der Waals surface area contributed by atoms with Gasteiger partial charge in [-0.1, -0.05) is 42.5 Å². The Kier molecular flexibility index (Phi) is 8.66. The summed E-state index contributed by atoms with van der Waals surface area (Å²) >= 11 is 0. The first-order valence-corrected chi connectivity index (χ1v) is 13.5. The van der Waals surface area contributed by atoms with E-state index in [4.69, 9.17) is 28.4 Å². The number of benzene rings is 4. The average molecular weight is 581 g/mol. The number of methoxy groups -OCH3 is 5. The number of hydrogen-bond donors (Lipinski definition) is 0. The topological polar surface area (TPSA) is 89.5 Å². The summed E-state index contributed by atoms with van der Waals surface area (Å²) in [5, 5.41) is 0. The monoisotopic (exact) mass is 580 g/mol. The third-order valence-corrected chi connectivity index (χ3v) is 7.42. The molecule has 0 N–H and O–H groups in total. The van der Waals surface area contributed by atoms with E-state index in [0.29, 0.717) is 69.7 Å². The fraction of sp³-hybridized carbons (Fsp3) is 0.200. The molecule has 1 aliphatic rings. The fourth-order valence-electron chi connectivity index (χ4n) is 5.44. The van der Waals surface area contributed by atoms with Crippen LogP contribution in [0.4, 0.5) is 0 Å². The number of carbonyl (C=O) groups excluding carboxylic acids is 2. The highest BCUT2D eigenvalue weighted by Crippen LogP contribution is 2.54.